The molecule has 2 N–H and O–H groups in total. The first-order valence-electron chi connectivity index (χ1n) is 6.77. The lowest BCUT2D eigenvalue weighted by atomic mass is 10.0. The average Bonchev–Trinajstić information content (AvgIpc) is 2.37. The maximum absolute atomic E-state index is 13.5. The van der Waals surface area contributed by atoms with E-state index >= 15 is 0 Å². The van der Waals surface area contributed by atoms with Crippen molar-refractivity contribution in [1.82, 2.24) is 5.32 Å². The third kappa shape index (κ3) is 5.15. The van der Waals surface area contributed by atoms with Crippen LogP contribution < -0.4 is 5.32 Å². The summed E-state index contributed by atoms with van der Waals surface area (Å²) in [5.74, 6) is -0.153. The van der Waals surface area contributed by atoms with Gasteiger partial charge in [0.2, 0.25) is 0 Å². The maximum Gasteiger partial charge on any atom is 0.126 e. The van der Waals surface area contributed by atoms with Gasteiger partial charge in [0.1, 0.15) is 5.82 Å². The smallest absolute Gasteiger partial charge is 0.126 e. The van der Waals surface area contributed by atoms with Crippen LogP contribution in [-0.2, 0) is 6.42 Å². The number of rotatable bonds is 8. The Morgan fingerprint density at radius 3 is 2.67 bits per heavy atom. The van der Waals surface area contributed by atoms with Crippen LogP contribution in [0.3, 0.4) is 0 Å². The van der Waals surface area contributed by atoms with Crippen LogP contribution in [0.5, 0.6) is 0 Å². The standard InChI is InChI=1S/C15H24FNO/c1-3-4-8-14(11-18)17-12(2)10-13-7-5-6-9-15(13)16/h5-7,9,12,14,17-18H,3-4,8,10-11H2,1-2H3/t12-,14-/m0/s1. The van der Waals surface area contributed by atoms with Gasteiger partial charge in [0.15, 0.2) is 0 Å². The van der Waals surface area contributed by atoms with Crippen molar-refractivity contribution < 1.29 is 9.50 Å². The van der Waals surface area contributed by atoms with Crippen molar-refractivity contribution in [3.8, 4) is 0 Å². The first kappa shape index (κ1) is 15.1. The number of unbranched alkanes of at least 4 members (excludes halogenated alkanes) is 1. The molecule has 18 heavy (non-hydrogen) atoms. The molecule has 0 aromatic heterocycles. The Morgan fingerprint density at radius 2 is 2.06 bits per heavy atom. The molecule has 0 amide bonds. The Labute approximate surface area is 109 Å². The van der Waals surface area contributed by atoms with E-state index in [1.165, 1.54) is 6.07 Å². The molecule has 1 aromatic carbocycles. The first-order chi connectivity index (χ1) is 8.67. The summed E-state index contributed by atoms with van der Waals surface area (Å²) in [4.78, 5) is 0. The monoisotopic (exact) mass is 253 g/mol. The van der Waals surface area contributed by atoms with Gasteiger partial charge in [0.25, 0.3) is 0 Å². The van der Waals surface area contributed by atoms with E-state index in [0.29, 0.717) is 6.42 Å². The van der Waals surface area contributed by atoms with Gasteiger partial charge >= 0.3 is 0 Å². The van der Waals surface area contributed by atoms with Gasteiger partial charge in [-0.15, -0.1) is 0 Å². The summed E-state index contributed by atoms with van der Waals surface area (Å²) in [5, 5.41) is 12.6. The second kappa shape index (κ2) is 8.22. The third-order valence-electron chi connectivity index (χ3n) is 3.13. The lowest BCUT2D eigenvalue weighted by Crippen LogP contribution is -2.40. The Bertz CT molecular complexity index is 343. The predicted octanol–water partition coefficient (Wildman–Crippen LogP) is 2.90. The summed E-state index contributed by atoms with van der Waals surface area (Å²) in [5.41, 5.74) is 0.727. The largest absolute Gasteiger partial charge is 0.395 e. The van der Waals surface area contributed by atoms with Crippen LogP contribution in [0.15, 0.2) is 24.3 Å². The second-order valence-corrected chi connectivity index (χ2v) is 4.88. The molecule has 0 unspecified atom stereocenters. The number of benzene rings is 1. The van der Waals surface area contributed by atoms with Gasteiger partial charge < -0.3 is 10.4 Å². The molecule has 0 saturated carbocycles. The fourth-order valence-corrected chi connectivity index (χ4v) is 2.13. The Hall–Kier alpha value is -0.930. The van der Waals surface area contributed by atoms with Crippen LogP contribution >= 0.6 is 0 Å². The summed E-state index contributed by atoms with van der Waals surface area (Å²) in [6.45, 7) is 4.31. The molecule has 0 radical (unpaired) electrons. The number of halogens is 1. The van der Waals surface area contributed by atoms with Crippen LogP contribution in [0, 0.1) is 5.82 Å². The van der Waals surface area contributed by atoms with Crippen LogP contribution in [0.4, 0.5) is 4.39 Å². The molecule has 1 rings (SSSR count). The van der Waals surface area contributed by atoms with Gasteiger partial charge in [0, 0.05) is 12.1 Å². The molecule has 2 nitrogen and oxygen atoms in total. The lowest BCUT2D eigenvalue weighted by molar-refractivity contribution is 0.223. The highest BCUT2D eigenvalue weighted by atomic mass is 19.1. The minimum absolute atomic E-state index is 0.117. The van der Waals surface area contributed by atoms with Crippen LogP contribution in [-0.4, -0.2) is 23.8 Å². The molecule has 3 heteroatoms. The number of nitrogens with one attached hydrogen (secondary N) is 1. The predicted molar refractivity (Wildman–Crippen MR) is 73.1 cm³/mol. The van der Waals surface area contributed by atoms with Gasteiger partial charge in [0.05, 0.1) is 6.61 Å². The number of hydrogen-bond acceptors (Lipinski definition) is 2. The second-order valence-electron chi connectivity index (χ2n) is 4.88. The minimum Gasteiger partial charge on any atom is -0.395 e. The van der Waals surface area contributed by atoms with Crippen molar-refractivity contribution in [2.45, 2.75) is 51.6 Å². The number of aliphatic hydroxyl groups excluding tert-OH is 1. The summed E-state index contributed by atoms with van der Waals surface area (Å²) in [7, 11) is 0. The number of aliphatic hydroxyl groups is 1. The lowest BCUT2D eigenvalue weighted by Gasteiger charge is -2.21. The summed E-state index contributed by atoms with van der Waals surface area (Å²) in [6, 6.07) is 7.14. The zero-order chi connectivity index (χ0) is 13.4. The highest BCUT2D eigenvalue weighted by molar-refractivity contribution is 5.18. The molecular weight excluding hydrogens is 229 g/mol. The van der Waals surface area contributed by atoms with E-state index in [1.807, 2.05) is 19.1 Å². The average molecular weight is 253 g/mol. The third-order valence-corrected chi connectivity index (χ3v) is 3.13. The van der Waals surface area contributed by atoms with E-state index in [4.69, 9.17) is 0 Å². The van der Waals surface area contributed by atoms with Crippen LogP contribution in [0.2, 0.25) is 0 Å². The minimum atomic E-state index is -0.153. The molecule has 0 heterocycles. The molecule has 2 atom stereocenters. The Balaban J connectivity index is 2.45. The van der Waals surface area contributed by atoms with Crippen molar-refractivity contribution in [3.05, 3.63) is 35.6 Å². The molecule has 102 valence electrons. The van der Waals surface area contributed by atoms with Crippen molar-refractivity contribution in [1.29, 1.82) is 0 Å². The van der Waals surface area contributed by atoms with Gasteiger partial charge in [-0.2, -0.15) is 0 Å². The van der Waals surface area contributed by atoms with E-state index in [9.17, 15) is 9.50 Å². The molecule has 0 saturated heterocycles. The first-order valence-corrected chi connectivity index (χ1v) is 6.77. The van der Waals surface area contributed by atoms with E-state index in [2.05, 4.69) is 12.2 Å². The van der Waals surface area contributed by atoms with E-state index in [0.717, 1.165) is 24.8 Å². The molecule has 0 aliphatic heterocycles. The van der Waals surface area contributed by atoms with Gasteiger partial charge in [-0.3, -0.25) is 0 Å². The van der Waals surface area contributed by atoms with Gasteiger partial charge in [-0.1, -0.05) is 38.0 Å². The summed E-state index contributed by atoms with van der Waals surface area (Å²) < 4.78 is 13.5. The Kier molecular flexibility index (Phi) is 6.91. The molecule has 0 aliphatic carbocycles. The summed E-state index contributed by atoms with van der Waals surface area (Å²) in [6.07, 6.45) is 3.84. The molecule has 0 spiro atoms. The van der Waals surface area contributed by atoms with E-state index in [-0.39, 0.29) is 24.5 Å². The van der Waals surface area contributed by atoms with Crippen molar-refractivity contribution in [2.24, 2.45) is 0 Å². The zero-order valence-electron chi connectivity index (χ0n) is 11.3. The van der Waals surface area contributed by atoms with Gasteiger partial charge in [-0.05, 0) is 31.4 Å². The maximum atomic E-state index is 13.5. The van der Waals surface area contributed by atoms with Gasteiger partial charge in [-0.25, -0.2) is 4.39 Å². The van der Waals surface area contributed by atoms with Crippen molar-refractivity contribution in [3.63, 3.8) is 0 Å². The molecule has 0 bridgehead atoms. The van der Waals surface area contributed by atoms with Crippen LogP contribution in [0.1, 0.15) is 38.7 Å². The number of hydrogen-bond donors (Lipinski definition) is 2. The molecule has 0 aliphatic rings. The van der Waals surface area contributed by atoms with E-state index < -0.39 is 0 Å². The topological polar surface area (TPSA) is 32.3 Å². The Morgan fingerprint density at radius 1 is 1.33 bits per heavy atom. The SMILES string of the molecule is CCCC[C@@H](CO)N[C@@H](C)Cc1ccccc1F. The highest BCUT2D eigenvalue weighted by Gasteiger charge is 2.12. The fraction of sp³-hybridized carbons (Fsp3) is 0.600. The van der Waals surface area contributed by atoms with E-state index in [1.54, 1.807) is 6.07 Å². The van der Waals surface area contributed by atoms with Crippen molar-refractivity contribution >= 4 is 0 Å². The quantitative estimate of drug-likeness (QED) is 0.746. The fourth-order valence-electron chi connectivity index (χ4n) is 2.13. The van der Waals surface area contributed by atoms with Crippen LogP contribution in [0.25, 0.3) is 0 Å². The summed E-state index contributed by atoms with van der Waals surface area (Å²) >= 11 is 0. The molecule has 1 aromatic rings. The highest BCUT2D eigenvalue weighted by Crippen LogP contribution is 2.10. The molecule has 0 fully saturated rings. The molecular formula is C15H24FNO. The normalized spacial score (nSPS) is 14.4. The van der Waals surface area contributed by atoms with Crippen molar-refractivity contribution in [2.75, 3.05) is 6.61 Å². The zero-order valence-corrected chi connectivity index (χ0v) is 11.3.